The third-order valence-corrected chi connectivity index (χ3v) is 4.36. The van der Waals surface area contributed by atoms with E-state index in [2.05, 4.69) is 63.5 Å². The molecule has 0 saturated carbocycles. The maximum Gasteiger partial charge on any atom is 0.230 e. The van der Waals surface area contributed by atoms with Crippen LogP contribution in [0.3, 0.4) is 0 Å². The number of rotatable bonds is 4. The molecule has 3 N–H and O–H groups in total. The number of anilines is 2. The number of pyridine rings is 1. The number of hydrogen-bond acceptors (Lipinski definition) is 5. The van der Waals surface area contributed by atoms with E-state index in [0.717, 1.165) is 40.2 Å². The van der Waals surface area contributed by atoms with Crippen molar-refractivity contribution in [2.75, 3.05) is 10.6 Å². The van der Waals surface area contributed by atoms with Crippen molar-refractivity contribution in [3.63, 3.8) is 0 Å². The normalized spacial score (nSPS) is 16.6. The average Bonchev–Trinajstić information content (AvgIpc) is 3.04. The van der Waals surface area contributed by atoms with Crippen LogP contribution in [0.15, 0.2) is 36.3 Å². The smallest absolute Gasteiger partial charge is 0.230 e. The Labute approximate surface area is 146 Å². The Morgan fingerprint density at radius 2 is 2.12 bits per heavy atom. The SMILES string of the molecule is CC(C)Nc1nc(NC2=Cc3cccnc3CC2C)nc2[nH]ccc12. The van der Waals surface area contributed by atoms with Gasteiger partial charge in [-0.1, -0.05) is 13.0 Å². The lowest BCUT2D eigenvalue weighted by atomic mass is 9.91. The number of nitrogens with one attached hydrogen (secondary N) is 3. The minimum absolute atomic E-state index is 0.298. The van der Waals surface area contributed by atoms with Gasteiger partial charge in [-0.15, -0.1) is 0 Å². The number of fused-ring (bicyclic) bond motifs is 2. The van der Waals surface area contributed by atoms with Gasteiger partial charge in [-0.3, -0.25) is 4.98 Å². The lowest BCUT2D eigenvalue weighted by Gasteiger charge is -2.23. The summed E-state index contributed by atoms with van der Waals surface area (Å²) in [4.78, 5) is 17.0. The molecular weight excluding hydrogens is 312 g/mol. The molecule has 25 heavy (non-hydrogen) atoms. The van der Waals surface area contributed by atoms with E-state index in [1.54, 1.807) is 0 Å². The second-order valence-corrected chi connectivity index (χ2v) is 6.80. The van der Waals surface area contributed by atoms with E-state index < -0.39 is 0 Å². The molecule has 0 aromatic carbocycles. The highest BCUT2D eigenvalue weighted by molar-refractivity contribution is 5.88. The number of nitrogens with zero attached hydrogens (tertiary/aromatic N) is 3. The predicted octanol–water partition coefficient (Wildman–Crippen LogP) is 3.82. The second kappa shape index (κ2) is 6.20. The van der Waals surface area contributed by atoms with Crippen LogP contribution < -0.4 is 10.6 Å². The van der Waals surface area contributed by atoms with Crippen molar-refractivity contribution < 1.29 is 0 Å². The molecule has 0 saturated heterocycles. The van der Waals surface area contributed by atoms with Gasteiger partial charge >= 0.3 is 0 Å². The van der Waals surface area contributed by atoms with Gasteiger partial charge in [0.05, 0.1) is 5.39 Å². The summed E-state index contributed by atoms with van der Waals surface area (Å²) in [5, 5.41) is 7.82. The minimum Gasteiger partial charge on any atom is -0.367 e. The molecular formula is C19H22N6. The zero-order valence-electron chi connectivity index (χ0n) is 14.7. The molecule has 128 valence electrons. The van der Waals surface area contributed by atoms with Gasteiger partial charge in [0.15, 0.2) is 0 Å². The molecule has 1 unspecified atom stereocenters. The Morgan fingerprint density at radius 3 is 2.96 bits per heavy atom. The van der Waals surface area contributed by atoms with Crippen LogP contribution in [0.2, 0.25) is 0 Å². The van der Waals surface area contributed by atoms with E-state index in [4.69, 9.17) is 0 Å². The summed E-state index contributed by atoms with van der Waals surface area (Å²) in [6.45, 7) is 6.39. The van der Waals surface area contributed by atoms with Crippen molar-refractivity contribution in [3.05, 3.63) is 47.5 Å². The summed E-state index contributed by atoms with van der Waals surface area (Å²) in [6.07, 6.45) is 6.80. The molecule has 0 spiro atoms. The van der Waals surface area contributed by atoms with Crippen molar-refractivity contribution in [2.45, 2.75) is 33.2 Å². The summed E-state index contributed by atoms with van der Waals surface area (Å²) in [7, 11) is 0. The molecule has 3 aromatic heterocycles. The Balaban J connectivity index is 1.70. The molecule has 3 heterocycles. The Bertz CT molecular complexity index is 940. The van der Waals surface area contributed by atoms with Gasteiger partial charge in [-0.05, 0) is 44.0 Å². The van der Waals surface area contributed by atoms with Gasteiger partial charge in [0.1, 0.15) is 11.5 Å². The Hall–Kier alpha value is -2.89. The first-order valence-corrected chi connectivity index (χ1v) is 8.64. The zero-order valence-corrected chi connectivity index (χ0v) is 14.7. The van der Waals surface area contributed by atoms with E-state index in [9.17, 15) is 0 Å². The van der Waals surface area contributed by atoms with E-state index in [1.807, 2.05) is 24.5 Å². The summed E-state index contributed by atoms with van der Waals surface area (Å²) in [5.74, 6) is 1.78. The number of allylic oxidation sites excluding steroid dienone is 1. The number of H-pyrrole nitrogens is 1. The molecule has 0 amide bonds. The zero-order chi connectivity index (χ0) is 17.4. The van der Waals surface area contributed by atoms with Gasteiger partial charge in [-0.25, -0.2) is 0 Å². The lowest BCUT2D eigenvalue weighted by molar-refractivity contribution is 0.659. The quantitative estimate of drug-likeness (QED) is 0.676. The molecule has 0 fully saturated rings. The third-order valence-electron chi connectivity index (χ3n) is 4.36. The standard InChI is InChI=1S/C19H22N6/c1-11(2)22-18-14-6-8-21-17(14)24-19(25-18)23-15-10-13-5-4-7-20-16(13)9-12(15)3/h4-8,10-12H,9H2,1-3H3,(H3,21,22,23,24,25). The fraction of sp³-hybridized carbons (Fsp3) is 0.316. The fourth-order valence-corrected chi connectivity index (χ4v) is 3.13. The third kappa shape index (κ3) is 3.07. The van der Waals surface area contributed by atoms with E-state index in [1.165, 1.54) is 0 Å². The number of aromatic amines is 1. The fourth-order valence-electron chi connectivity index (χ4n) is 3.13. The molecule has 1 aliphatic carbocycles. The topological polar surface area (TPSA) is 78.5 Å². The van der Waals surface area contributed by atoms with Crippen LogP contribution in [-0.2, 0) is 6.42 Å². The highest BCUT2D eigenvalue weighted by Gasteiger charge is 2.20. The molecule has 0 bridgehead atoms. The summed E-state index contributed by atoms with van der Waals surface area (Å²) < 4.78 is 0. The van der Waals surface area contributed by atoms with Gasteiger partial charge < -0.3 is 15.6 Å². The first kappa shape index (κ1) is 15.6. The maximum atomic E-state index is 4.69. The van der Waals surface area contributed by atoms with Crippen LogP contribution in [0.5, 0.6) is 0 Å². The Kier molecular flexibility index (Phi) is 3.87. The van der Waals surface area contributed by atoms with Gasteiger partial charge in [0.2, 0.25) is 5.95 Å². The molecule has 1 atom stereocenters. The van der Waals surface area contributed by atoms with Gasteiger partial charge in [0.25, 0.3) is 0 Å². The van der Waals surface area contributed by atoms with Crippen LogP contribution in [0.1, 0.15) is 32.0 Å². The molecule has 0 aliphatic heterocycles. The van der Waals surface area contributed by atoms with Crippen LogP contribution in [0.25, 0.3) is 17.1 Å². The first-order valence-electron chi connectivity index (χ1n) is 8.64. The van der Waals surface area contributed by atoms with E-state index >= 15 is 0 Å². The molecule has 4 rings (SSSR count). The van der Waals surface area contributed by atoms with Crippen LogP contribution in [0.4, 0.5) is 11.8 Å². The summed E-state index contributed by atoms with van der Waals surface area (Å²) in [6, 6.07) is 6.35. The van der Waals surface area contributed by atoms with Crippen molar-refractivity contribution in [2.24, 2.45) is 5.92 Å². The molecule has 6 heteroatoms. The van der Waals surface area contributed by atoms with Crippen LogP contribution >= 0.6 is 0 Å². The summed E-state index contributed by atoms with van der Waals surface area (Å²) >= 11 is 0. The van der Waals surface area contributed by atoms with Crippen molar-refractivity contribution in [1.29, 1.82) is 0 Å². The first-order chi connectivity index (χ1) is 12.1. The van der Waals surface area contributed by atoms with Gasteiger partial charge in [0, 0.05) is 35.7 Å². The van der Waals surface area contributed by atoms with E-state index in [-0.39, 0.29) is 0 Å². The monoisotopic (exact) mass is 334 g/mol. The van der Waals surface area contributed by atoms with Crippen molar-refractivity contribution >= 4 is 28.9 Å². The molecule has 1 aliphatic rings. The number of hydrogen-bond donors (Lipinski definition) is 3. The van der Waals surface area contributed by atoms with Crippen molar-refractivity contribution in [1.82, 2.24) is 19.9 Å². The second-order valence-electron chi connectivity index (χ2n) is 6.80. The van der Waals surface area contributed by atoms with Gasteiger partial charge in [-0.2, -0.15) is 9.97 Å². The summed E-state index contributed by atoms with van der Waals surface area (Å²) in [5.41, 5.74) is 4.24. The van der Waals surface area contributed by atoms with Crippen LogP contribution in [-0.4, -0.2) is 26.0 Å². The number of aromatic nitrogens is 4. The predicted molar refractivity (Wildman–Crippen MR) is 101 cm³/mol. The largest absolute Gasteiger partial charge is 0.367 e. The van der Waals surface area contributed by atoms with E-state index in [0.29, 0.717) is 17.9 Å². The Morgan fingerprint density at radius 1 is 1.24 bits per heavy atom. The lowest BCUT2D eigenvalue weighted by Crippen LogP contribution is -2.19. The molecule has 0 radical (unpaired) electrons. The van der Waals surface area contributed by atoms with Crippen molar-refractivity contribution in [3.8, 4) is 0 Å². The van der Waals surface area contributed by atoms with Crippen LogP contribution in [0, 0.1) is 5.92 Å². The molecule has 6 nitrogen and oxygen atoms in total. The molecule has 3 aromatic rings. The minimum atomic E-state index is 0.298. The highest BCUT2D eigenvalue weighted by atomic mass is 15.2. The highest BCUT2D eigenvalue weighted by Crippen LogP contribution is 2.28. The maximum absolute atomic E-state index is 4.69. The average molecular weight is 334 g/mol.